The van der Waals surface area contributed by atoms with Crippen LogP contribution in [0.4, 0.5) is 24.5 Å². The number of thiocarbonyl (C=S) groups is 1. The number of halogens is 3. The first kappa shape index (κ1) is 30.8. The number of hydrogen-bond acceptors (Lipinski definition) is 6. The van der Waals surface area contributed by atoms with Gasteiger partial charge in [-0.2, -0.15) is 18.3 Å². The van der Waals surface area contributed by atoms with E-state index >= 15 is 0 Å². The molecule has 0 bridgehead atoms. The number of hydrogen-bond donors (Lipinski definition) is 1. The van der Waals surface area contributed by atoms with Crippen molar-refractivity contribution in [2.45, 2.75) is 51.9 Å². The zero-order valence-corrected chi connectivity index (χ0v) is 24.3. The molecule has 42 heavy (non-hydrogen) atoms. The van der Waals surface area contributed by atoms with Crippen LogP contribution in [0.2, 0.25) is 0 Å². The first-order valence-corrected chi connectivity index (χ1v) is 13.9. The highest BCUT2D eigenvalue weighted by Crippen LogP contribution is 2.30. The van der Waals surface area contributed by atoms with E-state index in [0.717, 1.165) is 12.5 Å². The molecule has 224 valence electrons. The molecule has 0 spiro atoms. The summed E-state index contributed by atoms with van der Waals surface area (Å²) in [5.74, 6) is 0.515. The van der Waals surface area contributed by atoms with Crippen molar-refractivity contribution in [3.8, 4) is 11.5 Å². The van der Waals surface area contributed by atoms with Crippen LogP contribution >= 0.6 is 12.2 Å². The van der Waals surface area contributed by atoms with Crippen LogP contribution in [0, 0.1) is 6.92 Å². The van der Waals surface area contributed by atoms with Gasteiger partial charge in [0.05, 0.1) is 25.8 Å². The van der Waals surface area contributed by atoms with Crippen molar-refractivity contribution in [1.82, 2.24) is 14.7 Å². The third kappa shape index (κ3) is 7.19. The zero-order valence-electron chi connectivity index (χ0n) is 23.5. The van der Waals surface area contributed by atoms with Gasteiger partial charge >= 0.3 is 6.18 Å². The van der Waals surface area contributed by atoms with Gasteiger partial charge in [-0.3, -0.25) is 19.2 Å². The molecule has 1 aliphatic heterocycles. The van der Waals surface area contributed by atoms with Crippen LogP contribution in [0.15, 0.2) is 54.6 Å². The van der Waals surface area contributed by atoms with Gasteiger partial charge < -0.3 is 19.7 Å². The molecule has 1 fully saturated rings. The maximum atomic E-state index is 13.6. The van der Waals surface area contributed by atoms with Gasteiger partial charge in [0, 0.05) is 24.5 Å². The number of methoxy groups -OCH3 is 1. The smallest absolute Gasteiger partial charge is 0.435 e. The molecule has 0 aliphatic carbocycles. The Bertz CT molecular complexity index is 1410. The molecule has 0 saturated carbocycles. The molecule has 3 aromatic rings. The van der Waals surface area contributed by atoms with E-state index < -0.39 is 23.8 Å². The summed E-state index contributed by atoms with van der Waals surface area (Å²) in [6.07, 6.45) is -3.52. The lowest BCUT2D eigenvalue weighted by Gasteiger charge is -2.24. The highest BCUT2D eigenvalue weighted by Gasteiger charge is 2.44. The van der Waals surface area contributed by atoms with Gasteiger partial charge in [0.15, 0.2) is 10.8 Å². The molecule has 2 heterocycles. The van der Waals surface area contributed by atoms with Crippen molar-refractivity contribution in [1.29, 1.82) is 0 Å². The van der Waals surface area contributed by atoms with Crippen molar-refractivity contribution < 1.29 is 32.2 Å². The second-order valence-corrected chi connectivity index (χ2v) is 10.1. The van der Waals surface area contributed by atoms with Crippen LogP contribution in [-0.2, 0) is 22.3 Å². The molecule has 1 saturated heterocycles. The normalized spacial score (nSPS) is 15.3. The van der Waals surface area contributed by atoms with Crippen molar-refractivity contribution in [2.24, 2.45) is 0 Å². The number of alkyl halides is 3. The second-order valence-electron chi connectivity index (χ2n) is 9.73. The van der Waals surface area contributed by atoms with E-state index in [9.17, 15) is 22.8 Å². The molecule has 4 rings (SSSR count). The van der Waals surface area contributed by atoms with E-state index in [1.807, 2.05) is 6.92 Å². The number of nitrogens with one attached hydrogen (secondary N) is 1. The number of aromatic nitrogens is 2. The maximum absolute atomic E-state index is 13.6. The van der Waals surface area contributed by atoms with E-state index in [1.165, 1.54) is 16.7 Å². The molecule has 1 atom stereocenters. The van der Waals surface area contributed by atoms with Crippen molar-refractivity contribution in [3.63, 3.8) is 0 Å². The summed E-state index contributed by atoms with van der Waals surface area (Å²) in [6, 6.07) is 13.8. The average Bonchev–Trinajstić information content (AvgIpc) is 3.45. The summed E-state index contributed by atoms with van der Waals surface area (Å²) in [7, 11) is 1.53. The van der Waals surface area contributed by atoms with E-state index in [-0.39, 0.29) is 30.5 Å². The number of carbonyl (C=O) groups excluding carboxylic acids is 2. The molecule has 2 amide bonds. The Labute approximate surface area is 247 Å². The highest BCUT2D eigenvalue weighted by molar-refractivity contribution is 7.80. The number of benzene rings is 2. The number of nitrogens with zero attached hydrogens (tertiary/aromatic N) is 4. The topological polar surface area (TPSA) is 88.9 Å². The molecule has 0 unspecified atom stereocenters. The molecular formula is C29H32F3N5O4S. The van der Waals surface area contributed by atoms with Crippen LogP contribution in [0.25, 0.3) is 0 Å². The van der Waals surface area contributed by atoms with E-state index in [1.54, 1.807) is 60.4 Å². The summed E-state index contributed by atoms with van der Waals surface area (Å²) >= 11 is 5.68. The van der Waals surface area contributed by atoms with Crippen LogP contribution in [0.3, 0.4) is 0 Å². The average molecular weight is 604 g/mol. The Morgan fingerprint density at radius 2 is 1.74 bits per heavy atom. The van der Waals surface area contributed by atoms with Gasteiger partial charge in [0.2, 0.25) is 5.91 Å². The lowest BCUT2D eigenvalue weighted by molar-refractivity contribution is -0.141. The third-order valence-electron chi connectivity index (χ3n) is 6.68. The minimum Gasteiger partial charge on any atom is -0.497 e. The Morgan fingerprint density at radius 3 is 2.33 bits per heavy atom. The summed E-state index contributed by atoms with van der Waals surface area (Å²) < 4.78 is 51.3. The van der Waals surface area contributed by atoms with E-state index in [2.05, 4.69) is 10.4 Å². The number of ether oxygens (including phenoxy) is 2. The monoisotopic (exact) mass is 603 g/mol. The third-order valence-corrected chi connectivity index (χ3v) is 7.10. The lowest BCUT2D eigenvalue weighted by atomic mass is 10.1. The molecule has 1 aromatic heterocycles. The van der Waals surface area contributed by atoms with E-state index in [0.29, 0.717) is 41.6 Å². The summed E-state index contributed by atoms with van der Waals surface area (Å²) in [5.41, 5.74) is 0.463. The number of rotatable bonds is 12. The van der Waals surface area contributed by atoms with Crippen LogP contribution in [-0.4, -0.2) is 57.9 Å². The summed E-state index contributed by atoms with van der Waals surface area (Å²) in [6.45, 7) is 4.53. The van der Waals surface area contributed by atoms with Crippen LogP contribution in [0.5, 0.6) is 11.5 Å². The van der Waals surface area contributed by atoms with Gasteiger partial charge in [0.25, 0.3) is 5.91 Å². The fraction of sp³-hybridized carbons (Fsp3) is 0.379. The number of anilines is 2. The fourth-order valence-corrected chi connectivity index (χ4v) is 4.98. The highest BCUT2D eigenvalue weighted by atomic mass is 32.1. The van der Waals surface area contributed by atoms with E-state index in [4.69, 9.17) is 21.7 Å². The van der Waals surface area contributed by atoms with Gasteiger partial charge in [-0.25, -0.2) is 0 Å². The predicted molar refractivity (Wildman–Crippen MR) is 156 cm³/mol. The zero-order chi connectivity index (χ0) is 30.4. The Balaban J connectivity index is 1.49. The standard InChI is InChI=1S/C29H32F3N5O4S/c1-4-16-41-23-10-6-20(7-11-23)33-26(38)18-24-27(39)37(21-8-12-22(40-3)13-9-21)28(42)35(24)14-5-15-36-19(2)17-25(34-36)29(30,31)32/h6-13,17,24H,4-5,14-16,18H2,1-3H3,(H,33,38)/t24-/m0/s1. The SMILES string of the molecule is CCCOc1ccc(NC(=O)C[C@H]2C(=O)N(c3ccc(OC)cc3)C(=S)N2CCCn2nc(C(F)(F)F)cc2C)cc1. The number of carbonyl (C=O) groups is 2. The maximum Gasteiger partial charge on any atom is 0.435 e. The molecule has 1 N–H and O–H groups in total. The first-order valence-electron chi connectivity index (χ1n) is 13.4. The number of amides is 2. The predicted octanol–water partition coefficient (Wildman–Crippen LogP) is 5.43. The molecular weight excluding hydrogens is 571 g/mol. The van der Waals surface area contributed by atoms with Crippen molar-refractivity contribution >= 4 is 40.5 Å². The summed E-state index contributed by atoms with van der Waals surface area (Å²) in [5, 5.41) is 6.69. The van der Waals surface area contributed by atoms with Crippen molar-refractivity contribution in [2.75, 3.05) is 30.5 Å². The van der Waals surface area contributed by atoms with Gasteiger partial charge in [-0.1, -0.05) is 6.92 Å². The quantitative estimate of drug-likeness (QED) is 0.276. The minimum atomic E-state index is -4.54. The van der Waals surface area contributed by atoms with Crippen molar-refractivity contribution in [3.05, 3.63) is 66.0 Å². The Morgan fingerprint density at radius 1 is 1.07 bits per heavy atom. The first-order chi connectivity index (χ1) is 20.0. The molecule has 13 heteroatoms. The minimum absolute atomic E-state index is 0.170. The molecule has 9 nitrogen and oxygen atoms in total. The largest absolute Gasteiger partial charge is 0.497 e. The molecule has 2 aromatic carbocycles. The Kier molecular flexibility index (Phi) is 9.71. The Hall–Kier alpha value is -4.13. The van der Waals surface area contributed by atoms with Gasteiger partial charge in [0.1, 0.15) is 17.5 Å². The van der Waals surface area contributed by atoms with Gasteiger partial charge in [-0.05, 0) is 86.6 Å². The molecule has 0 radical (unpaired) electrons. The second kappa shape index (κ2) is 13.2. The number of aryl methyl sites for hydroxylation is 2. The van der Waals surface area contributed by atoms with Crippen LogP contribution in [0.1, 0.15) is 37.6 Å². The lowest BCUT2D eigenvalue weighted by Crippen LogP contribution is -2.38. The van der Waals surface area contributed by atoms with Crippen LogP contribution < -0.4 is 19.7 Å². The molecule has 1 aliphatic rings. The van der Waals surface area contributed by atoms with Gasteiger partial charge in [-0.15, -0.1) is 0 Å². The fourth-order valence-electron chi connectivity index (χ4n) is 4.56. The summed E-state index contributed by atoms with van der Waals surface area (Å²) in [4.78, 5) is 29.7.